The molecule has 0 heterocycles. The predicted octanol–water partition coefficient (Wildman–Crippen LogP) is 4.28. The van der Waals surface area contributed by atoms with Crippen LogP contribution in [-0.4, -0.2) is 24.5 Å². The highest BCUT2D eigenvalue weighted by Gasteiger charge is 2.02. The second-order valence-electron chi connectivity index (χ2n) is 4.26. The van der Waals surface area contributed by atoms with Gasteiger partial charge in [-0.25, -0.2) is 0 Å². The summed E-state index contributed by atoms with van der Waals surface area (Å²) in [6, 6.07) is 0. The average molecular weight is 234 g/mol. The molecule has 0 bridgehead atoms. The third-order valence-corrected chi connectivity index (χ3v) is 2.51. The van der Waals surface area contributed by atoms with E-state index in [9.17, 15) is 0 Å². The molecule has 0 rings (SSSR count). The van der Waals surface area contributed by atoms with Gasteiger partial charge in [0.15, 0.2) is 0 Å². The van der Waals surface area contributed by atoms with Crippen LogP contribution in [0.5, 0.6) is 0 Å². The first-order valence-corrected chi connectivity index (χ1v) is 6.07. The Kier molecular flexibility index (Phi) is 14.0. The third kappa shape index (κ3) is 11.9. The molecule has 0 N–H and O–H groups in total. The molecule has 15 heavy (non-hydrogen) atoms. The van der Waals surface area contributed by atoms with E-state index in [1.54, 1.807) is 0 Å². The minimum Gasteiger partial charge on any atom is -0.303 e. The van der Waals surface area contributed by atoms with Gasteiger partial charge < -0.3 is 4.90 Å². The molecule has 1 nitrogen and oxygen atoms in total. The Bertz CT molecular complexity index is 137. The SMILES string of the molecule is C=C(C)CCN(CCCC)CCCC.Cl. The van der Waals surface area contributed by atoms with Crippen LogP contribution in [0.3, 0.4) is 0 Å². The van der Waals surface area contributed by atoms with E-state index >= 15 is 0 Å². The van der Waals surface area contributed by atoms with Crippen LogP contribution in [0.25, 0.3) is 0 Å². The van der Waals surface area contributed by atoms with E-state index in [1.807, 2.05) is 0 Å². The van der Waals surface area contributed by atoms with E-state index in [0.29, 0.717) is 0 Å². The lowest BCUT2D eigenvalue weighted by Crippen LogP contribution is -2.27. The van der Waals surface area contributed by atoms with Crippen molar-refractivity contribution in [3.05, 3.63) is 12.2 Å². The van der Waals surface area contributed by atoms with Crippen molar-refractivity contribution >= 4 is 12.4 Å². The summed E-state index contributed by atoms with van der Waals surface area (Å²) in [6.45, 7) is 14.3. The van der Waals surface area contributed by atoms with Crippen molar-refractivity contribution in [1.82, 2.24) is 4.90 Å². The Hall–Kier alpha value is -0.0100. The molecule has 0 amide bonds. The summed E-state index contributed by atoms with van der Waals surface area (Å²) >= 11 is 0. The van der Waals surface area contributed by atoms with Gasteiger partial charge in [-0.15, -0.1) is 19.0 Å². The van der Waals surface area contributed by atoms with E-state index < -0.39 is 0 Å². The predicted molar refractivity (Wildman–Crippen MR) is 72.9 cm³/mol. The lowest BCUT2D eigenvalue weighted by Gasteiger charge is -2.21. The Morgan fingerprint density at radius 2 is 1.47 bits per heavy atom. The number of hydrogen-bond acceptors (Lipinski definition) is 1. The van der Waals surface area contributed by atoms with Gasteiger partial charge in [0, 0.05) is 6.54 Å². The summed E-state index contributed by atoms with van der Waals surface area (Å²) in [6.07, 6.45) is 6.43. The standard InChI is InChI=1S/C13H27N.ClH/c1-5-7-10-14(11-8-6-2)12-9-13(3)4;/h3,5-12H2,1-2,4H3;1H. The molecule has 0 radical (unpaired) electrons. The van der Waals surface area contributed by atoms with Gasteiger partial charge in [0.25, 0.3) is 0 Å². The zero-order valence-corrected chi connectivity index (χ0v) is 11.5. The number of nitrogens with zero attached hydrogens (tertiary/aromatic N) is 1. The molecule has 0 aliphatic rings. The van der Waals surface area contributed by atoms with Crippen LogP contribution in [-0.2, 0) is 0 Å². The van der Waals surface area contributed by atoms with E-state index in [1.165, 1.54) is 50.9 Å². The van der Waals surface area contributed by atoms with Crippen molar-refractivity contribution in [2.45, 2.75) is 52.9 Å². The van der Waals surface area contributed by atoms with Gasteiger partial charge in [-0.2, -0.15) is 0 Å². The van der Waals surface area contributed by atoms with Crippen molar-refractivity contribution in [1.29, 1.82) is 0 Å². The van der Waals surface area contributed by atoms with Gasteiger partial charge in [0.1, 0.15) is 0 Å². The largest absolute Gasteiger partial charge is 0.303 e. The van der Waals surface area contributed by atoms with Crippen LogP contribution in [0.15, 0.2) is 12.2 Å². The number of unbranched alkanes of at least 4 members (excludes halogenated alkanes) is 2. The summed E-state index contributed by atoms with van der Waals surface area (Å²) < 4.78 is 0. The molecule has 0 spiro atoms. The summed E-state index contributed by atoms with van der Waals surface area (Å²) in [5.74, 6) is 0. The Morgan fingerprint density at radius 1 is 1.00 bits per heavy atom. The second-order valence-corrected chi connectivity index (χ2v) is 4.26. The average Bonchev–Trinajstić information content (AvgIpc) is 2.16. The third-order valence-electron chi connectivity index (χ3n) is 2.51. The normalized spacial score (nSPS) is 10.1. The highest BCUT2D eigenvalue weighted by molar-refractivity contribution is 5.85. The molecule has 0 aromatic carbocycles. The molecule has 0 aliphatic carbocycles. The smallest absolute Gasteiger partial charge is 0.00184 e. The van der Waals surface area contributed by atoms with Crippen LogP contribution in [0.2, 0.25) is 0 Å². The summed E-state index contributed by atoms with van der Waals surface area (Å²) in [5.41, 5.74) is 1.31. The fraction of sp³-hybridized carbons (Fsp3) is 0.846. The van der Waals surface area contributed by atoms with Crippen molar-refractivity contribution in [3.8, 4) is 0 Å². The van der Waals surface area contributed by atoms with Gasteiger partial charge in [0.05, 0.1) is 0 Å². The van der Waals surface area contributed by atoms with Crippen LogP contribution < -0.4 is 0 Å². The summed E-state index contributed by atoms with van der Waals surface area (Å²) in [4.78, 5) is 2.58. The van der Waals surface area contributed by atoms with E-state index in [0.717, 1.165) is 6.42 Å². The van der Waals surface area contributed by atoms with Crippen molar-refractivity contribution in [2.75, 3.05) is 19.6 Å². The highest BCUT2D eigenvalue weighted by Crippen LogP contribution is 2.03. The second kappa shape index (κ2) is 12.1. The Balaban J connectivity index is 0. The van der Waals surface area contributed by atoms with Crippen molar-refractivity contribution < 1.29 is 0 Å². The molecule has 0 unspecified atom stereocenters. The minimum atomic E-state index is 0. The molecular formula is C13H28ClN. The Labute approximate surface area is 102 Å². The van der Waals surface area contributed by atoms with Crippen LogP contribution in [0.1, 0.15) is 52.9 Å². The number of hydrogen-bond donors (Lipinski definition) is 0. The molecule has 0 atom stereocenters. The van der Waals surface area contributed by atoms with E-state index in [4.69, 9.17) is 0 Å². The maximum absolute atomic E-state index is 3.96. The molecular weight excluding hydrogens is 206 g/mol. The van der Waals surface area contributed by atoms with Gasteiger partial charge >= 0.3 is 0 Å². The van der Waals surface area contributed by atoms with Gasteiger partial charge in [-0.1, -0.05) is 32.3 Å². The van der Waals surface area contributed by atoms with E-state index in [2.05, 4.69) is 32.3 Å². The minimum absolute atomic E-state index is 0. The maximum Gasteiger partial charge on any atom is 0.00184 e. The van der Waals surface area contributed by atoms with Gasteiger partial charge in [-0.05, 0) is 39.3 Å². The van der Waals surface area contributed by atoms with E-state index in [-0.39, 0.29) is 12.4 Å². The molecule has 0 aliphatic heterocycles. The summed E-state index contributed by atoms with van der Waals surface area (Å²) in [7, 11) is 0. The Morgan fingerprint density at radius 3 is 1.80 bits per heavy atom. The zero-order valence-electron chi connectivity index (χ0n) is 10.7. The number of halogens is 1. The maximum atomic E-state index is 3.96. The first-order chi connectivity index (χ1) is 6.70. The number of rotatable bonds is 9. The van der Waals surface area contributed by atoms with Crippen LogP contribution >= 0.6 is 12.4 Å². The molecule has 2 heteroatoms. The fourth-order valence-electron chi connectivity index (χ4n) is 1.45. The van der Waals surface area contributed by atoms with Crippen molar-refractivity contribution in [3.63, 3.8) is 0 Å². The molecule has 0 saturated heterocycles. The monoisotopic (exact) mass is 233 g/mol. The topological polar surface area (TPSA) is 3.24 Å². The first-order valence-electron chi connectivity index (χ1n) is 6.07. The van der Waals surface area contributed by atoms with Crippen LogP contribution in [0.4, 0.5) is 0 Å². The molecule has 0 saturated carbocycles. The zero-order chi connectivity index (χ0) is 10.8. The van der Waals surface area contributed by atoms with Crippen LogP contribution in [0, 0.1) is 0 Å². The molecule has 0 aromatic heterocycles. The lowest BCUT2D eigenvalue weighted by atomic mass is 10.2. The lowest BCUT2D eigenvalue weighted by molar-refractivity contribution is 0.268. The molecule has 0 aromatic rings. The van der Waals surface area contributed by atoms with Gasteiger partial charge in [0.2, 0.25) is 0 Å². The fourth-order valence-corrected chi connectivity index (χ4v) is 1.45. The summed E-state index contributed by atoms with van der Waals surface area (Å²) in [5, 5.41) is 0. The molecule has 0 fully saturated rings. The van der Waals surface area contributed by atoms with Crippen molar-refractivity contribution in [2.24, 2.45) is 0 Å². The highest BCUT2D eigenvalue weighted by atomic mass is 35.5. The first kappa shape index (κ1) is 17.4. The quantitative estimate of drug-likeness (QED) is 0.538. The van der Waals surface area contributed by atoms with Gasteiger partial charge in [-0.3, -0.25) is 0 Å². The molecule has 92 valence electrons.